The number of nitrogens with one attached hydrogen (secondary N) is 2. The lowest BCUT2D eigenvalue weighted by atomic mass is 10.2. The molecule has 0 aliphatic carbocycles. The van der Waals surface area contributed by atoms with Crippen LogP contribution in [0.4, 0.5) is 5.69 Å². The molecular formula is C21H16N4O7. The van der Waals surface area contributed by atoms with Gasteiger partial charge in [0.05, 0.1) is 29.5 Å². The van der Waals surface area contributed by atoms with Crippen molar-refractivity contribution >= 4 is 29.7 Å². The Hall–Kier alpha value is -4.80. The van der Waals surface area contributed by atoms with Crippen molar-refractivity contribution < 1.29 is 28.5 Å². The van der Waals surface area contributed by atoms with E-state index in [1.807, 2.05) is 0 Å². The van der Waals surface area contributed by atoms with E-state index in [0.717, 1.165) is 0 Å². The van der Waals surface area contributed by atoms with Gasteiger partial charge in [-0.25, -0.2) is 10.2 Å². The summed E-state index contributed by atoms with van der Waals surface area (Å²) in [5, 5.41) is 16.9. The fraction of sp³-hybridized carbons (Fsp3) is 0.0476. The first-order chi connectivity index (χ1) is 15.4. The Bertz CT molecular complexity index is 1160. The van der Waals surface area contributed by atoms with E-state index in [4.69, 9.17) is 9.15 Å². The van der Waals surface area contributed by atoms with E-state index in [9.17, 15) is 24.5 Å². The van der Waals surface area contributed by atoms with Crippen molar-refractivity contribution in [2.24, 2.45) is 5.10 Å². The molecule has 1 aromatic heterocycles. The fourth-order valence-electron chi connectivity index (χ4n) is 2.43. The van der Waals surface area contributed by atoms with Gasteiger partial charge < -0.3 is 14.5 Å². The topological polar surface area (TPSA) is 153 Å². The lowest BCUT2D eigenvalue weighted by Gasteiger charge is -2.07. The van der Waals surface area contributed by atoms with Crippen LogP contribution in [0.15, 0.2) is 76.4 Å². The third-order valence-electron chi connectivity index (χ3n) is 3.98. The highest BCUT2D eigenvalue weighted by molar-refractivity contribution is 5.95. The van der Waals surface area contributed by atoms with Crippen LogP contribution in [0.3, 0.4) is 0 Å². The zero-order valence-corrected chi connectivity index (χ0v) is 16.4. The zero-order valence-electron chi connectivity index (χ0n) is 16.4. The van der Waals surface area contributed by atoms with Crippen molar-refractivity contribution in [3.63, 3.8) is 0 Å². The zero-order chi connectivity index (χ0) is 22.9. The number of hydrazone groups is 1. The second-order valence-electron chi connectivity index (χ2n) is 6.18. The lowest BCUT2D eigenvalue weighted by Crippen LogP contribution is -2.34. The molecule has 2 amide bonds. The van der Waals surface area contributed by atoms with Gasteiger partial charge in [-0.2, -0.15) is 5.10 Å². The van der Waals surface area contributed by atoms with E-state index in [0.29, 0.717) is 5.56 Å². The quantitative estimate of drug-likeness (QED) is 0.181. The molecule has 0 atom stereocenters. The molecule has 0 bridgehead atoms. The van der Waals surface area contributed by atoms with Gasteiger partial charge in [0.25, 0.3) is 17.5 Å². The SMILES string of the molecule is O=C(CNC(=O)c1ccco1)NN=Cc1ccccc1OC(=O)c1ccc([N+](=O)[O-])cc1. The molecule has 0 aliphatic heterocycles. The molecule has 3 aromatic rings. The minimum atomic E-state index is -0.717. The summed E-state index contributed by atoms with van der Waals surface area (Å²) in [6.45, 7) is -0.326. The molecule has 162 valence electrons. The number of esters is 1. The van der Waals surface area contributed by atoms with Crippen molar-refractivity contribution in [3.05, 3.63) is 93.9 Å². The predicted molar refractivity (Wildman–Crippen MR) is 111 cm³/mol. The molecule has 3 rings (SSSR count). The number of nitro groups is 1. The van der Waals surface area contributed by atoms with Gasteiger partial charge >= 0.3 is 5.97 Å². The van der Waals surface area contributed by atoms with Crippen LogP contribution in [0.1, 0.15) is 26.5 Å². The minimum absolute atomic E-state index is 0.0741. The molecule has 11 heteroatoms. The number of para-hydroxylation sites is 1. The summed E-state index contributed by atoms with van der Waals surface area (Å²) in [4.78, 5) is 46.0. The normalized spacial score (nSPS) is 10.5. The molecule has 11 nitrogen and oxygen atoms in total. The van der Waals surface area contributed by atoms with E-state index in [-0.39, 0.29) is 29.3 Å². The number of carbonyl (C=O) groups is 3. The van der Waals surface area contributed by atoms with Gasteiger partial charge in [0.2, 0.25) is 0 Å². The summed E-state index contributed by atoms with van der Waals surface area (Å²) >= 11 is 0. The molecule has 32 heavy (non-hydrogen) atoms. The standard InChI is InChI=1S/C21H16N4O7/c26-19(13-22-20(27)18-6-3-11-31-18)24-23-12-15-4-1-2-5-17(15)32-21(28)14-7-9-16(10-8-14)25(29)30/h1-12H,13H2,(H,22,27)(H,24,26). The molecule has 0 spiro atoms. The highest BCUT2D eigenvalue weighted by atomic mass is 16.6. The van der Waals surface area contributed by atoms with Crippen LogP contribution in [0.5, 0.6) is 5.75 Å². The van der Waals surface area contributed by atoms with Crippen LogP contribution in [0.25, 0.3) is 0 Å². The number of rotatable bonds is 8. The Balaban J connectivity index is 1.56. The number of carbonyl (C=O) groups excluding carboxylic acids is 3. The number of hydrogen-bond donors (Lipinski definition) is 2. The second-order valence-corrected chi connectivity index (χ2v) is 6.18. The first-order valence-corrected chi connectivity index (χ1v) is 9.13. The molecule has 0 unspecified atom stereocenters. The summed E-state index contributed by atoms with van der Waals surface area (Å²) in [5.41, 5.74) is 2.61. The summed E-state index contributed by atoms with van der Waals surface area (Å²) in [7, 11) is 0. The maximum Gasteiger partial charge on any atom is 0.343 e. The molecule has 0 aliphatic rings. The third-order valence-corrected chi connectivity index (χ3v) is 3.98. The van der Waals surface area contributed by atoms with Gasteiger partial charge in [0.1, 0.15) is 5.75 Å². The minimum Gasteiger partial charge on any atom is -0.459 e. The van der Waals surface area contributed by atoms with Gasteiger partial charge in [0.15, 0.2) is 5.76 Å². The monoisotopic (exact) mass is 436 g/mol. The van der Waals surface area contributed by atoms with Crippen LogP contribution >= 0.6 is 0 Å². The van der Waals surface area contributed by atoms with Gasteiger partial charge in [-0.1, -0.05) is 12.1 Å². The van der Waals surface area contributed by atoms with Gasteiger partial charge in [0, 0.05) is 17.7 Å². The number of furan rings is 1. The summed E-state index contributed by atoms with van der Waals surface area (Å²) in [6, 6.07) is 14.4. The molecule has 2 N–H and O–H groups in total. The van der Waals surface area contributed by atoms with E-state index in [1.165, 1.54) is 48.9 Å². The summed E-state index contributed by atoms with van der Waals surface area (Å²) in [6.07, 6.45) is 2.61. The maximum absolute atomic E-state index is 12.3. The number of non-ortho nitro benzene ring substituents is 1. The molecule has 0 radical (unpaired) electrons. The highest BCUT2D eigenvalue weighted by Gasteiger charge is 2.13. The Labute approximate surface area is 180 Å². The molecular weight excluding hydrogens is 420 g/mol. The van der Waals surface area contributed by atoms with Crippen LogP contribution in [0, 0.1) is 10.1 Å². The number of ether oxygens (including phenoxy) is 1. The Morgan fingerprint density at radius 2 is 1.81 bits per heavy atom. The van der Waals surface area contributed by atoms with Crippen molar-refractivity contribution in [2.45, 2.75) is 0 Å². The van der Waals surface area contributed by atoms with Crippen LogP contribution in [0.2, 0.25) is 0 Å². The Morgan fingerprint density at radius 3 is 2.50 bits per heavy atom. The van der Waals surface area contributed by atoms with Gasteiger partial charge in [-0.3, -0.25) is 19.7 Å². The third kappa shape index (κ3) is 5.86. The number of amides is 2. The smallest absolute Gasteiger partial charge is 0.343 e. The Morgan fingerprint density at radius 1 is 1.06 bits per heavy atom. The maximum atomic E-state index is 12.3. The van der Waals surface area contributed by atoms with Crippen molar-refractivity contribution in [3.8, 4) is 5.75 Å². The fourth-order valence-corrected chi connectivity index (χ4v) is 2.43. The van der Waals surface area contributed by atoms with Gasteiger partial charge in [-0.05, 0) is 36.4 Å². The molecule has 2 aromatic carbocycles. The average molecular weight is 436 g/mol. The first-order valence-electron chi connectivity index (χ1n) is 9.13. The molecule has 0 saturated carbocycles. The number of benzene rings is 2. The lowest BCUT2D eigenvalue weighted by molar-refractivity contribution is -0.384. The van der Waals surface area contributed by atoms with Crippen molar-refractivity contribution in [1.82, 2.24) is 10.7 Å². The first kappa shape index (κ1) is 21.9. The largest absolute Gasteiger partial charge is 0.459 e. The van der Waals surface area contributed by atoms with E-state index in [2.05, 4.69) is 15.8 Å². The summed E-state index contributed by atoms with van der Waals surface area (Å²) in [5.74, 6) is -1.60. The summed E-state index contributed by atoms with van der Waals surface area (Å²) < 4.78 is 10.2. The Kier molecular flexibility index (Phi) is 7.05. The van der Waals surface area contributed by atoms with Crippen molar-refractivity contribution in [2.75, 3.05) is 6.54 Å². The number of nitrogens with zero attached hydrogens (tertiary/aromatic N) is 2. The number of nitro benzene ring substituents is 1. The predicted octanol–water partition coefficient (Wildman–Crippen LogP) is 2.29. The molecule has 1 heterocycles. The average Bonchev–Trinajstić information content (AvgIpc) is 3.34. The highest BCUT2D eigenvalue weighted by Crippen LogP contribution is 2.19. The van der Waals surface area contributed by atoms with E-state index < -0.39 is 22.7 Å². The van der Waals surface area contributed by atoms with Crippen molar-refractivity contribution in [1.29, 1.82) is 0 Å². The second kappa shape index (κ2) is 10.3. The molecule has 0 fully saturated rings. The number of hydrogen-bond acceptors (Lipinski definition) is 8. The van der Waals surface area contributed by atoms with E-state index >= 15 is 0 Å². The van der Waals surface area contributed by atoms with Gasteiger partial charge in [-0.15, -0.1) is 0 Å². The van der Waals surface area contributed by atoms with Crippen LogP contribution < -0.4 is 15.5 Å². The molecule has 0 saturated heterocycles. The van der Waals surface area contributed by atoms with Crippen LogP contribution in [-0.4, -0.2) is 35.5 Å². The van der Waals surface area contributed by atoms with Crippen LogP contribution in [-0.2, 0) is 4.79 Å². The van der Waals surface area contributed by atoms with E-state index in [1.54, 1.807) is 24.3 Å².